The number of aryl methyl sites for hydroxylation is 3. The van der Waals surface area contributed by atoms with Crippen molar-refractivity contribution >= 4 is 29.5 Å². The number of halogens is 1. The van der Waals surface area contributed by atoms with Gasteiger partial charge in [-0.2, -0.15) is 0 Å². The molecule has 640 valence electrons. The Hall–Kier alpha value is -14.1. The Morgan fingerprint density at radius 3 is 1.02 bits per heavy atom. The van der Waals surface area contributed by atoms with E-state index in [1.165, 1.54) is 39.9 Å². The molecule has 29 nitrogen and oxygen atoms in total. The monoisotopic (exact) mass is 1680 g/mol. The third kappa shape index (κ3) is 26.0. The normalized spacial score (nSPS) is 10.4. The van der Waals surface area contributed by atoms with Crippen molar-refractivity contribution in [1.29, 1.82) is 0 Å². The molecule has 0 atom stereocenters. The van der Waals surface area contributed by atoms with Crippen LogP contribution in [0.15, 0.2) is 235 Å². The average molecular weight is 1680 g/mol. The molecule has 0 saturated heterocycles. The molecular weight excluding hydrogens is 1570 g/mol. The van der Waals surface area contributed by atoms with Crippen LogP contribution < -0.4 is 41.2 Å². The number of nitrogens with one attached hydrogen (secondary N) is 1. The van der Waals surface area contributed by atoms with E-state index in [0.717, 1.165) is 50.3 Å². The second kappa shape index (κ2) is 45.6. The molecule has 0 fully saturated rings. The Kier molecular flexibility index (Phi) is 36.7. The molecule has 0 bridgehead atoms. The summed E-state index contributed by atoms with van der Waals surface area (Å²) in [5.41, 5.74) is 11.6. The molecule has 121 heavy (non-hydrogen) atoms. The maximum absolute atomic E-state index is 13.0. The molecule has 14 rings (SSSR count). The minimum Gasteiger partial charge on any atom is -0.497 e. The van der Waals surface area contributed by atoms with Crippen molar-refractivity contribution in [3.05, 3.63) is 305 Å². The lowest BCUT2D eigenvalue weighted by Gasteiger charge is -2.11. The fraction of sp³-hybridized carbons (Fsp3) is 0.275. The van der Waals surface area contributed by atoms with Gasteiger partial charge in [-0.05, 0) is 160 Å². The highest BCUT2D eigenvalue weighted by Gasteiger charge is 2.27. The highest BCUT2D eigenvalue weighted by Crippen LogP contribution is 2.34. The summed E-state index contributed by atoms with van der Waals surface area (Å²) in [5, 5.41) is 35.4. The van der Waals surface area contributed by atoms with Crippen molar-refractivity contribution in [2.75, 3.05) is 14.2 Å². The van der Waals surface area contributed by atoms with Crippen LogP contribution >= 0.6 is 11.6 Å². The number of aromatic amines is 1. The molecule has 2 N–H and O–H groups in total. The van der Waals surface area contributed by atoms with Crippen LogP contribution in [-0.4, -0.2) is 82.6 Å². The zero-order valence-corrected chi connectivity index (χ0v) is 65.2. The quantitative estimate of drug-likeness (QED) is 0.0375. The number of carboxylic acid groups (broad SMARTS) is 1. The van der Waals surface area contributed by atoms with Crippen LogP contribution in [0.3, 0.4) is 0 Å². The second-order valence-electron chi connectivity index (χ2n) is 26.6. The van der Waals surface area contributed by atoms with Crippen LogP contribution in [0.5, 0.6) is 46.4 Å². The summed E-state index contributed by atoms with van der Waals surface area (Å²) >= 11 is 5.35. The van der Waals surface area contributed by atoms with Gasteiger partial charge in [0.15, 0.2) is 42.0 Å². The number of carbonyl (C=O) groups is 3. The highest BCUT2D eigenvalue weighted by atomic mass is 35.5. The van der Waals surface area contributed by atoms with Crippen LogP contribution in [0.1, 0.15) is 198 Å². The first-order chi connectivity index (χ1) is 55.4. The number of methoxy groups -OCH3 is 2. The second-order valence-corrected chi connectivity index (χ2v) is 26.9. The summed E-state index contributed by atoms with van der Waals surface area (Å²) in [6.07, 6.45) is 0. The molecule has 0 amide bonds. The zero-order valence-electron chi connectivity index (χ0n) is 64.4. The Balaban J connectivity index is 0.000000301. The summed E-state index contributed by atoms with van der Waals surface area (Å²) in [7, 11) is 3.20. The molecule has 6 heterocycles. The van der Waals surface area contributed by atoms with Gasteiger partial charge in [-0.1, -0.05) is 240 Å². The molecule has 0 aliphatic heterocycles. The van der Waals surface area contributed by atoms with Crippen molar-refractivity contribution < 1.29 is 79.2 Å². The minimum absolute atomic E-state index is 0. The number of H-pyrrole nitrogens is 1. The van der Waals surface area contributed by atoms with Gasteiger partial charge >= 0.3 is 35.4 Å². The number of aromatic carboxylic acids is 1. The van der Waals surface area contributed by atoms with E-state index < -0.39 is 35.4 Å². The van der Waals surface area contributed by atoms with Gasteiger partial charge in [-0.3, -0.25) is 0 Å². The predicted molar refractivity (Wildman–Crippen MR) is 460 cm³/mol. The van der Waals surface area contributed by atoms with E-state index in [2.05, 4.69) is 159 Å². The molecule has 8 aromatic carbocycles. The summed E-state index contributed by atoms with van der Waals surface area (Å²) in [5.74, 6) is 1.00. The molecule has 0 saturated carbocycles. The number of hydrogen-bond acceptors (Lipinski definition) is 25. The SMILES string of the molecule is C.C.C.C.C.C.COc1ccc(Cn2nnc(C(=O)O)c2Oc2ccc(-c3ccc(C(C)C)cc3)cc2)cc1.COc1ccc(Cn2nnc(C(=O)OCc3oc(=O)oc3C)c2Oc2ccc(-c3ccc(C(C)C)cc3)cc2)cc1.Cc1oc(=O)oc1CCl.Cc1oc(=O)oc1COC(=O)c1[nH]nnc1Oc1ccc(-c2ccc(C(C)C)cc2)cc1. The van der Waals surface area contributed by atoms with E-state index in [1.54, 1.807) is 33.3 Å². The van der Waals surface area contributed by atoms with Crippen LogP contribution in [0.2, 0.25) is 0 Å². The average Bonchev–Trinajstić information content (AvgIpc) is 1.67. The largest absolute Gasteiger partial charge is 0.519 e. The Bertz CT molecular complexity index is 5740. The van der Waals surface area contributed by atoms with Gasteiger partial charge in [0.05, 0.1) is 33.2 Å². The number of nitrogens with zero attached hydrogens (tertiary/aromatic N) is 8. The lowest BCUT2D eigenvalue weighted by molar-refractivity contribution is 0.0424. The fourth-order valence-corrected chi connectivity index (χ4v) is 11.3. The maximum atomic E-state index is 13.0. The third-order valence-corrected chi connectivity index (χ3v) is 18.0. The fourth-order valence-electron chi connectivity index (χ4n) is 11.1. The molecule has 0 aliphatic carbocycles. The van der Waals surface area contributed by atoms with Gasteiger partial charge in [-0.15, -0.1) is 21.8 Å². The molecule has 30 heteroatoms. The predicted octanol–water partition coefficient (Wildman–Crippen LogP) is 21.4. The van der Waals surface area contributed by atoms with Crippen LogP contribution in [0.4, 0.5) is 0 Å². The molecule has 0 unspecified atom stereocenters. The first-order valence-corrected chi connectivity index (χ1v) is 36.5. The summed E-state index contributed by atoms with van der Waals surface area (Å²) < 4.78 is 69.8. The van der Waals surface area contributed by atoms with Crippen molar-refractivity contribution in [2.45, 2.75) is 157 Å². The number of esters is 2. The van der Waals surface area contributed by atoms with E-state index in [0.29, 0.717) is 58.8 Å². The van der Waals surface area contributed by atoms with E-state index in [4.69, 9.17) is 62.4 Å². The number of aromatic nitrogens is 9. The number of carboxylic acids is 1. The number of benzene rings is 8. The lowest BCUT2D eigenvalue weighted by Crippen LogP contribution is -2.09. The molecule has 0 aliphatic rings. The first kappa shape index (κ1) is 97.5. The molecule has 14 aromatic rings. The highest BCUT2D eigenvalue weighted by molar-refractivity contribution is 6.16. The molecule has 6 aromatic heterocycles. The van der Waals surface area contributed by atoms with Crippen molar-refractivity contribution in [2.24, 2.45) is 0 Å². The van der Waals surface area contributed by atoms with Gasteiger partial charge in [0.25, 0.3) is 17.6 Å². The first-order valence-electron chi connectivity index (χ1n) is 36.0. The molecule has 0 radical (unpaired) electrons. The summed E-state index contributed by atoms with van der Waals surface area (Å²) in [6.45, 7) is 17.7. The van der Waals surface area contributed by atoms with Gasteiger partial charge in [-0.25, -0.2) is 43.2 Å². The van der Waals surface area contributed by atoms with E-state index in [-0.39, 0.29) is 128 Å². The van der Waals surface area contributed by atoms with Gasteiger partial charge in [0, 0.05) is 0 Å². The number of hydrogen-bond donors (Lipinski definition) is 2. The van der Waals surface area contributed by atoms with Gasteiger partial charge < -0.3 is 64.8 Å². The topological polar surface area (TPSA) is 369 Å². The lowest BCUT2D eigenvalue weighted by atomic mass is 9.99. The van der Waals surface area contributed by atoms with E-state index in [1.807, 2.05) is 109 Å². The van der Waals surface area contributed by atoms with Crippen LogP contribution in [-0.2, 0) is 41.7 Å². The zero-order chi connectivity index (χ0) is 81.8. The van der Waals surface area contributed by atoms with Crippen molar-refractivity contribution in [1.82, 2.24) is 45.4 Å². The Morgan fingerprint density at radius 2 is 0.711 bits per heavy atom. The number of carbonyl (C=O) groups excluding carboxylic acids is 2. The molecular formula is C91H104ClN9O20. The van der Waals surface area contributed by atoms with Gasteiger partial charge in [0.1, 0.15) is 34.5 Å². The van der Waals surface area contributed by atoms with Crippen molar-refractivity contribution in [3.8, 4) is 79.8 Å². The van der Waals surface area contributed by atoms with Crippen LogP contribution in [0, 0.1) is 20.8 Å². The van der Waals surface area contributed by atoms with Crippen LogP contribution in [0.25, 0.3) is 33.4 Å². The summed E-state index contributed by atoms with van der Waals surface area (Å²) in [4.78, 5) is 69.7. The number of rotatable bonds is 26. The summed E-state index contributed by atoms with van der Waals surface area (Å²) in [6, 6.07) is 62.6. The smallest absolute Gasteiger partial charge is 0.497 e. The Morgan fingerprint density at radius 1 is 0.405 bits per heavy atom. The number of ether oxygens (including phenoxy) is 7. The Labute approximate surface area is 706 Å². The maximum Gasteiger partial charge on any atom is 0.519 e. The van der Waals surface area contributed by atoms with E-state index >= 15 is 0 Å². The standard InChI is InChI=1S/C31H29N3O7.C26H25N3O4.C23H21N3O6.C5H5ClO3.6CH4/c1-19(2)22-7-9-23(10-8-22)24-11-15-26(16-12-24)40-29-28(30(35)38-18-27-20(3)39-31(36)41-27)32-33-34(29)17-21-5-13-25(37-4)14-6-21;1-17(2)19-6-8-20(9-7-19)21-10-14-23(15-11-21)33-25-24(26(30)31)27-28-29(25)16-18-4-12-22(32-3)13-5-18;1-13(2)15-4-6-16(7-5-15)17-8-10-18(11-9-17)31-21-20(24-26-25-21)22(27)29-12-19-14(3)30-23(28)32-19;1-3-4(2-6)9-5(7)8-3;;;;;;/h5-16,19H,17-18H2,1-4H3;4-15,17H,16H2,1-3H3,(H,30,31);4-11,13H,12H2,1-3H3,(H,24,25,26);2H2,1H3;6*1H4. The molecule has 0 spiro atoms. The van der Waals surface area contributed by atoms with E-state index in [9.17, 15) is 33.9 Å². The van der Waals surface area contributed by atoms with Gasteiger partial charge in [0.2, 0.25) is 17.1 Å². The minimum atomic E-state index is -1.20. The third-order valence-electron chi connectivity index (χ3n) is 17.7. The number of alkyl halides is 1. The van der Waals surface area contributed by atoms with Crippen molar-refractivity contribution in [3.63, 3.8) is 0 Å².